The molecule has 160 valence electrons. The minimum Gasteiger partial charge on any atom is -0.305 e. The fourth-order valence-electron chi connectivity index (χ4n) is 3.06. The highest BCUT2D eigenvalue weighted by atomic mass is 32.2. The van der Waals surface area contributed by atoms with Crippen LogP contribution >= 0.6 is 34.4 Å². The van der Waals surface area contributed by atoms with Gasteiger partial charge in [0.2, 0.25) is 5.91 Å². The third kappa shape index (κ3) is 4.58. The third-order valence-electron chi connectivity index (χ3n) is 5.25. The number of carbonyl (C=O) groups is 1. The molecule has 4 aromatic rings. The van der Waals surface area contributed by atoms with E-state index < -0.39 is 0 Å². The Kier molecular flexibility index (Phi) is 6.27. The predicted molar refractivity (Wildman–Crippen MR) is 130 cm³/mol. The van der Waals surface area contributed by atoms with Crippen molar-refractivity contribution in [3.05, 3.63) is 50.5 Å². The quantitative estimate of drug-likeness (QED) is 0.370. The lowest BCUT2D eigenvalue weighted by atomic mass is 10.1. The number of amides is 1. The number of rotatable bonds is 6. The maximum atomic E-state index is 12.5. The normalized spacial score (nSPS) is 11.1. The van der Waals surface area contributed by atoms with Gasteiger partial charge in [-0.05, 0) is 50.5 Å². The molecule has 0 saturated carbocycles. The second kappa shape index (κ2) is 8.94. The van der Waals surface area contributed by atoms with Crippen LogP contribution < -0.4 is 5.32 Å². The van der Waals surface area contributed by atoms with E-state index in [1.54, 1.807) is 11.3 Å². The molecule has 1 amide bonds. The van der Waals surface area contributed by atoms with Crippen LogP contribution in [0.2, 0.25) is 0 Å². The van der Waals surface area contributed by atoms with E-state index in [1.807, 2.05) is 17.0 Å². The lowest BCUT2D eigenvalue weighted by Gasteiger charge is -2.04. The van der Waals surface area contributed by atoms with Crippen molar-refractivity contribution < 1.29 is 4.79 Å². The average molecular weight is 470 g/mol. The molecule has 1 aromatic carbocycles. The summed E-state index contributed by atoms with van der Waals surface area (Å²) in [5, 5.41) is 16.9. The van der Waals surface area contributed by atoms with Crippen molar-refractivity contribution in [1.29, 1.82) is 0 Å². The first-order valence-electron chi connectivity index (χ1n) is 9.73. The maximum absolute atomic E-state index is 12.5. The summed E-state index contributed by atoms with van der Waals surface area (Å²) >= 11 is 4.50. The zero-order valence-electron chi connectivity index (χ0n) is 18.0. The number of anilines is 1. The van der Waals surface area contributed by atoms with Gasteiger partial charge in [-0.1, -0.05) is 23.9 Å². The van der Waals surface area contributed by atoms with Gasteiger partial charge >= 0.3 is 0 Å². The zero-order valence-corrected chi connectivity index (χ0v) is 20.5. The Morgan fingerprint density at radius 3 is 2.61 bits per heavy atom. The van der Waals surface area contributed by atoms with Crippen LogP contribution in [0.4, 0.5) is 5.13 Å². The fraction of sp³-hybridized carbons (Fsp3) is 0.273. The number of benzene rings is 1. The molecule has 1 N–H and O–H groups in total. The van der Waals surface area contributed by atoms with E-state index in [9.17, 15) is 4.79 Å². The van der Waals surface area contributed by atoms with Crippen LogP contribution in [0, 0.1) is 27.7 Å². The molecule has 3 aromatic heterocycles. The Morgan fingerprint density at radius 1 is 1.10 bits per heavy atom. The number of thioether (sulfide) groups is 1. The number of hydrogen-bond donors (Lipinski definition) is 1. The number of carbonyl (C=O) groups excluding carboxylic acids is 1. The summed E-state index contributed by atoms with van der Waals surface area (Å²) in [7, 11) is 1.93. The molecule has 9 heteroatoms. The van der Waals surface area contributed by atoms with Gasteiger partial charge < -0.3 is 9.88 Å². The van der Waals surface area contributed by atoms with Gasteiger partial charge in [0.05, 0.1) is 11.4 Å². The Balaban J connectivity index is 1.39. The Morgan fingerprint density at radius 2 is 1.90 bits per heavy atom. The van der Waals surface area contributed by atoms with Crippen molar-refractivity contribution in [3.63, 3.8) is 0 Å². The second-order valence-electron chi connectivity index (χ2n) is 7.37. The zero-order chi connectivity index (χ0) is 22.1. The lowest BCUT2D eigenvalue weighted by Crippen LogP contribution is -2.14. The van der Waals surface area contributed by atoms with Crippen LogP contribution in [-0.4, -0.2) is 31.4 Å². The number of nitrogens with zero attached hydrogens (tertiary/aromatic N) is 4. The molecule has 0 aliphatic rings. The maximum Gasteiger partial charge on any atom is 0.236 e. The first-order valence-corrected chi connectivity index (χ1v) is 12.5. The largest absolute Gasteiger partial charge is 0.305 e. The van der Waals surface area contributed by atoms with Gasteiger partial charge in [0.1, 0.15) is 0 Å². The van der Waals surface area contributed by atoms with E-state index in [0.717, 1.165) is 22.6 Å². The SMILES string of the molecule is Cc1ccc(-c2csc(NC(=O)CSc3nnc(-c4csc(C)c4C)n3C)n2)cc1C. The molecule has 0 bridgehead atoms. The molecular formula is C22H23N5OS3. The van der Waals surface area contributed by atoms with Crippen molar-refractivity contribution in [2.45, 2.75) is 32.9 Å². The summed E-state index contributed by atoms with van der Waals surface area (Å²) in [6.45, 7) is 8.37. The average Bonchev–Trinajstić information content (AvgIpc) is 3.43. The van der Waals surface area contributed by atoms with Crippen molar-refractivity contribution in [2.75, 3.05) is 11.1 Å². The summed E-state index contributed by atoms with van der Waals surface area (Å²) < 4.78 is 1.94. The van der Waals surface area contributed by atoms with E-state index >= 15 is 0 Å². The van der Waals surface area contributed by atoms with Gasteiger partial charge in [-0.15, -0.1) is 32.9 Å². The summed E-state index contributed by atoms with van der Waals surface area (Å²) in [4.78, 5) is 18.3. The number of aryl methyl sites for hydroxylation is 3. The van der Waals surface area contributed by atoms with Crippen LogP contribution in [-0.2, 0) is 11.8 Å². The van der Waals surface area contributed by atoms with Crippen molar-refractivity contribution in [3.8, 4) is 22.6 Å². The molecule has 6 nitrogen and oxygen atoms in total. The molecule has 3 heterocycles. The number of nitrogens with one attached hydrogen (secondary N) is 1. The molecular weight excluding hydrogens is 446 g/mol. The number of aromatic nitrogens is 4. The van der Waals surface area contributed by atoms with Gasteiger partial charge in [-0.2, -0.15) is 0 Å². The highest BCUT2D eigenvalue weighted by Gasteiger charge is 2.17. The summed E-state index contributed by atoms with van der Waals surface area (Å²) in [6.07, 6.45) is 0. The Hall–Kier alpha value is -2.49. The molecule has 0 saturated heterocycles. The molecule has 0 fully saturated rings. The van der Waals surface area contributed by atoms with Crippen molar-refractivity contribution >= 4 is 45.5 Å². The smallest absolute Gasteiger partial charge is 0.236 e. The molecule has 31 heavy (non-hydrogen) atoms. The predicted octanol–water partition coefficient (Wildman–Crippen LogP) is 5.63. The molecule has 0 spiro atoms. The van der Waals surface area contributed by atoms with E-state index in [0.29, 0.717) is 10.3 Å². The lowest BCUT2D eigenvalue weighted by molar-refractivity contribution is -0.113. The monoisotopic (exact) mass is 469 g/mol. The molecule has 0 aliphatic carbocycles. The van der Waals surface area contributed by atoms with Crippen LogP contribution in [0.25, 0.3) is 22.6 Å². The topological polar surface area (TPSA) is 72.7 Å². The fourth-order valence-corrected chi connectivity index (χ4v) is 5.37. The van der Waals surface area contributed by atoms with E-state index in [-0.39, 0.29) is 11.7 Å². The highest BCUT2D eigenvalue weighted by molar-refractivity contribution is 7.99. The van der Waals surface area contributed by atoms with Crippen LogP contribution in [0.15, 0.2) is 34.1 Å². The molecule has 0 unspecified atom stereocenters. The summed E-state index contributed by atoms with van der Waals surface area (Å²) in [5.74, 6) is 0.951. The minimum absolute atomic E-state index is 0.113. The molecule has 4 rings (SSSR count). The second-order valence-corrected chi connectivity index (χ2v) is 10.3. The summed E-state index contributed by atoms with van der Waals surface area (Å²) in [6, 6.07) is 6.27. The molecule has 0 atom stereocenters. The number of thiazole rings is 1. The third-order valence-corrected chi connectivity index (χ3v) is 8.04. The number of hydrogen-bond acceptors (Lipinski definition) is 7. The Labute approximate surface area is 193 Å². The number of thiophene rings is 1. The highest BCUT2D eigenvalue weighted by Crippen LogP contribution is 2.31. The standard InChI is InChI=1S/C22H23N5OS3/c1-12-6-7-16(8-13(12)2)18-10-30-21(23-18)24-19(28)11-31-22-26-25-20(27(22)5)17-9-29-15(4)14(17)3/h6-10H,11H2,1-5H3,(H,23,24,28). The first-order chi connectivity index (χ1) is 14.8. The van der Waals surface area contributed by atoms with E-state index in [1.165, 1.54) is 44.7 Å². The van der Waals surface area contributed by atoms with Gasteiger partial charge in [-0.3, -0.25) is 4.79 Å². The molecule has 0 radical (unpaired) electrons. The van der Waals surface area contributed by atoms with E-state index in [4.69, 9.17) is 0 Å². The van der Waals surface area contributed by atoms with Gasteiger partial charge in [0.25, 0.3) is 0 Å². The first kappa shape index (κ1) is 21.7. The minimum atomic E-state index is -0.113. The van der Waals surface area contributed by atoms with Gasteiger partial charge in [0, 0.05) is 33.8 Å². The van der Waals surface area contributed by atoms with Gasteiger partial charge in [-0.25, -0.2) is 4.98 Å². The van der Waals surface area contributed by atoms with Crippen molar-refractivity contribution in [1.82, 2.24) is 19.7 Å². The van der Waals surface area contributed by atoms with Crippen molar-refractivity contribution in [2.24, 2.45) is 7.05 Å². The van der Waals surface area contributed by atoms with E-state index in [2.05, 4.69) is 71.8 Å². The van der Waals surface area contributed by atoms with Crippen LogP contribution in [0.5, 0.6) is 0 Å². The summed E-state index contributed by atoms with van der Waals surface area (Å²) in [5.41, 5.74) is 6.72. The molecule has 0 aliphatic heterocycles. The van der Waals surface area contributed by atoms with Crippen LogP contribution in [0.3, 0.4) is 0 Å². The van der Waals surface area contributed by atoms with Gasteiger partial charge in [0.15, 0.2) is 16.1 Å². The Bertz CT molecular complexity index is 1250. The van der Waals surface area contributed by atoms with Crippen LogP contribution in [0.1, 0.15) is 21.6 Å².